The van der Waals surface area contributed by atoms with Gasteiger partial charge in [0.2, 0.25) is 5.91 Å². The van der Waals surface area contributed by atoms with Gasteiger partial charge in [0.05, 0.1) is 5.69 Å². The molecule has 1 saturated heterocycles. The molecule has 1 aromatic heterocycles. The van der Waals surface area contributed by atoms with Crippen molar-refractivity contribution in [3.8, 4) is 5.69 Å². The Morgan fingerprint density at radius 2 is 1.93 bits per heavy atom. The zero-order valence-electron chi connectivity index (χ0n) is 14.8. The number of carbonyl (C=O) groups is 2. The number of likely N-dealkylation sites (tertiary alicyclic amines) is 1. The summed E-state index contributed by atoms with van der Waals surface area (Å²) in [7, 11) is 0. The molecule has 142 valence electrons. The fourth-order valence-corrected chi connectivity index (χ4v) is 3.29. The summed E-state index contributed by atoms with van der Waals surface area (Å²) in [6.45, 7) is 1.13. The van der Waals surface area contributed by atoms with Crippen LogP contribution in [0.5, 0.6) is 0 Å². The zero-order chi connectivity index (χ0) is 19.4. The van der Waals surface area contributed by atoms with Crippen LogP contribution in [0, 0.1) is 11.7 Å². The maximum Gasteiger partial charge on any atom is 0.274 e. The lowest BCUT2D eigenvalue weighted by atomic mass is 9.93. The molecule has 1 aliphatic heterocycles. The van der Waals surface area contributed by atoms with Crippen LogP contribution in [-0.2, 0) is 4.79 Å². The van der Waals surface area contributed by atoms with Crippen molar-refractivity contribution in [2.24, 2.45) is 11.7 Å². The van der Waals surface area contributed by atoms with Gasteiger partial charge >= 0.3 is 0 Å². The molecule has 1 unspecified atom stereocenters. The summed E-state index contributed by atoms with van der Waals surface area (Å²) in [4.78, 5) is 37.6. The quantitative estimate of drug-likeness (QED) is 0.860. The van der Waals surface area contributed by atoms with Crippen molar-refractivity contribution in [1.29, 1.82) is 0 Å². The van der Waals surface area contributed by atoms with E-state index in [1.807, 2.05) is 0 Å². The normalized spacial score (nSPS) is 16.9. The molecule has 7 nitrogen and oxygen atoms in total. The summed E-state index contributed by atoms with van der Waals surface area (Å²) >= 11 is 0. The molecule has 0 saturated carbocycles. The predicted molar refractivity (Wildman–Crippen MR) is 96.8 cm³/mol. The van der Waals surface area contributed by atoms with E-state index in [1.165, 1.54) is 36.4 Å². The summed E-state index contributed by atoms with van der Waals surface area (Å²) in [5.41, 5.74) is 5.33. The van der Waals surface area contributed by atoms with Gasteiger partial charge in [-0.05, 0) is 55.5 Å². The molecular weight excluding hydrogens is 351 g/mol. The molecular formula is C19H21FN4O3. The molecule has 27 heavy (non-hydrogen) atoms. The van der Waals surface area contributed by atoms with Crippen molar-refractivity contribution in [2.75, 3.05) is 13.1 Å². The molecule has 2 N–H and O–H groups in total. The lowest BCUT2D eigenvalue weighted by Crippen LogP contribution is -2.41. The van der Waals surface area contributed by atoms with Crippen LogP contribution in [0.25, 0.3) is 5.69 Å². The van der Waals surface area contributed by atoms with E-state index in [9.17, 15) is 18.8 Å². The highest BCUT2D eigenvalue weighted by atomic mass is 19.1. The van der Waals surface area contributed by atoms with Gasteiger partial charge in [-0.25, -0.2) is 4.39 Å². The van der Waals surface area contributed by atoms with Crippen LogP contribution < -0.4 is 11.3 Å². The van der Waals surface area contributed by atoms with E-state index in [2.05, 4.69) is 5.10 Å². The van der Waals surface area contributed by atoms with Gasteiger partial charge in [-0.1, -0.05) is 0 Å². The number of aromatic nitrogens is 2. The minimum Gasteiger partial charge on any atom is -0.370 e. The van der Waals surface area contributed by atoms with Crippen LogP contribution in [-0.4, -0.2) is 39.6 Å². The average Bonchev–Trinajstić information content (AvgIpc) is 2.67. The van der Waals surface area contributed by atoms with Gasteiger partial charge in [-0.3, -0.25) is 14.4 Å². The van der Waals surface area contributed by atoms with Gasteiger partial charge in [0.15, 0.2) is 0 Å². The summed E-state index contributed by atoms with van der Waals surface area (Å²) in [6.07, 6.45) is 2.74. The number of benzene rings is 1. The highest BCUT2D eigenvalue weighted by Crippen LogP contribution is 2.22. The Bertz CT molecular complexity index is 895. The topological polar surface area (TPSA) is 98.3 Å². The van der Waals surface area contributed by atoms with E-state index in [-0.39, 0.29) is 23.4 Å². The summed E-state index contributed by atoms with van der Waals surface area (Å²) < 4.78 is 14.2. The van der Waals surface area contributed by atoms with Crippen LogP contribution >= 0.6 is 0 Å². The molecule has 1 aliphatic rings. The summed E-state index contributed by atoms with van der Waals surface area (Å²) in [5, 5.41) is 4.16. The number of nitrogens with zero attached hydrogens (tertiary/aromatic N) is 3. The molecule has 2 amide bonds. The number of hydrogen-bond acceptors (Lipinski definition) is 4. The zero-order valence-corrected chi connectivity index (χ0v) is 14.8. The summed E-state index contributed by atoms with van der Waals surface area (Å²) in [5.74, 6) is -0.811. The second-order valence-electron chi connectivity index (χ2n) is 6.71. The van der Waals surface area contributed by atoms with Crippen molar-refractivity contribution < 1.29 is 14.0 Å². The lowest BCUT2D eigenvalue weighted by Gasteiger charge is -2.32. The van der Waals surface area contributed by atoms with E-state index >= 15 is 0 Å². The van der Waals surface area contributed by atoms with Crippen molar-refractivity contribution >= 4 is 11.8 Å². The van der Waals surface area contributed by atoms with Gasteiger partial charge in [0.25, 0.3) is 11.5 Å². The number of amides is 2. The molecule has 1 fully saturated rings. The fraction of sp³-hybridized carbons (Fsp3) is 0.368. The second kappa shape index (κ2) is 8.11. The van der Waals surface area contributed by atoms with Crippen LogP contribution in [0.3, 0.4) is 0 Å². The minimum atomic E-state index is -0.422. The Morgan fingerprint density at radius 1 is 1.19 bits per heavy atom. The van der Waals surface area contributed by atoms with Crippen molar-refractivity contribution in [3.05, 3.63) is 58.3 Å². The first-order valence-electron chi connectivity index (χ1n) is 8.88. The molecule has 1 aromatic carbocycles. The van der Waals surface area contributed by atoms with Crippen LogP contribution in [0.2, 0.25) is 0 Å². The highest BCUT2D eigenvalue weighted by Gasteiger charge is 2.26. The SMILES string of the molecule is NC(=O)CCC1CCCN(C(=O)c2ccc(=O)n(-c3ccc(F)cc3)n2)C1. The fourth-order valence-electron chi connectivity index (χ4n) is 3.29. The number of hydrogen-bond donors (Lipinski definition) is 1. The van der Waals surface area contributed by atoms with Crippen molar-refractivity contribution in [3.63, 3.8) is 0 Å². The maximum atomic E-state index is 13.1. The number of carbonyl (C=O) groups excluding carboxylic acids is 2. The molecule has 0 radical (unpaired) electrons. The molecule has 2 heterocycles. The Balaban J connectivity index is 1.78. The van der Waals surface area contributed by atoms with E-state index in [4.69, 9.17) is 5.73 Å². The number of piperidine rings is 1. The van der Waals surface area contributed by atoms with Crippen LogP contribution in [0.15, 0.2) is 41.2 Å². The monoisotopic (exact) mass is 372 g/mol. The second-order valence-corrected chi connectivity index (χ2v) is 6.71. The first-order chi connectivity index (χ1) is 12.9. The molecule has 0 aliphatic carbocycles. The third-order valence-electron chi connectivity index (χ3n) is 4.70. The average molecular weight is 372 g/mol. The number of nitrogens with two attached hydrogens (primary N) is 1. The van der Waals surface area contributed by atoms with E-state index < -0.39 is 11.4 Å². The minimum absolute atomic E-state index is 0.148. The van der Waals surface area contributed by atoms with Crippen molar-refractivity contribution in [2.45, 2.75) is 25.7 Å². The predicted octanol–water partition coefficient (Wildman–Crippen LogP) is 1.49. The largest absolute Gasteiger partial charge is 0.370 e. The lowest BCUT2D eigenvalue weighted by molar-refractivity contribution is -0.118. The molecule has 8 heteroatoms. The number of halogens is 1. The number of rotatable bonds is 5. The maximum absolute atomic E-state index is 13.1. The van der Waals surface area contributed by atoms with Gasteiger partial charge in [0.1, 0.15) is 11.5 Å². The standard InChI is InChI=1S/C19H21FN4O3/c20-14-4-6-15(7-5-14)24-18(26)10-8-16(22-24)19(27)23-11-1-2-13(12-23)3-9-17(21)25/h4-8,10,13H,1-3,9,11-12H2,(H2,21,25). The summed E-state index contributed by atoms with van der Waals surface area (Å²) in [6, 6.07) is 7.99. The third kappa shape index (κ3) is 4.58. The first kappa shape index (κ1) is 18.8. The molecule has 3 rings (SSSR count). The molecule has 2 aromatic rings. The Hall–Kier alpha value is -3.03. The van der Waals surface area contributed by atoms with Gasteiger partial charge in [-0.15, -0.1) is 0 Å². The van der Waals surface area contributed by atoms with Gasteiger partial charge in [-0.2, -0.15) is 9.78 Å². The third-order valence-corrected chi connectivity index (χ3v) is 4.70. The molecule has 0 spiro atoms. The Kier molecular flexibility index (Phi) is 5.63. The number of primary amides is 1. The van der Waals surface area contributed by atoms with E-state index in [0.29, 0.717) is 31.6 Å². The van der Waals surface area contributed by atoms with Gasteiger partial charge in [0, 0.05) is 25.6 Å². The Morgan fingerprint density at radius 3 is 2.63 bits per heavy atom. The van der Waals surface area contributed by atoms with Crippen molar-refractivity contribution in [1.82, 2.24) is 14.7 Å². The Labute approximate surface area is 155 Å². The molecule has 0 bridgehead atoms. The highest BCUT2D eigenvalue weighted by molar-refractivity contribution is 5.92. The van der Waals surface area contributed by atoms with Crippen LogP contribution in [0.1, 0.15) is 36.2 Å². The van der Waals surface area contributed by atoms with E-state index in [0.717, 1.165) is 17.5 Å². The smallest absolute Gasteiger partial charge is 0.274 e. The first-order valence-corrected chi connectivity index (χ1v) is 8.88. The van der Waals surface area contributed by atoms with E-state index in [1.54, 1.807) is 4.90 Å². The molecule has 1 atom stereocenters. The van der Waals surface area contributed by atoms with Gasteiger partial charge < -0.3 is 10.6 Å². The van der Waals surface area contributed by atoms with Crippen LogP contribution in [0.4, 0.5) is 4.39 Å².